The van der Waals surface area contributed by atoms with E-state index in [-0.39, 0.29) is 23.2 Å². The van der Waals surface area contributed by atoms with Gasteiger partial charge < -0.3 is 18.8 Å². The summed E-state index contributed by atoms with van der Waals surface area (Å²) < 4.78 is 17.2. The smallest absolute Gasteiger partial charge is 0.291 e. The van der Waals surface area contributed by atoms with Gasteiger partial charge in [-0.25, -0.2) is 0 Å². The van der Waals surface area contributed by atoms with E-state index in [1.54, 1.807) is 18.1 Å². The third kappa shape index (κ3) is 2.99. The van der Waals surface area contributed by atoms with Crippen molar-refractivity contribution in [3.05, 3.63) is 75.1 Å². The van der Waals surface area contributed by atoms with Crippen LogP contribution in [0.5, 0.6) is 5.75 Å². The van der Waals surface area contributed by atoms with Gasteiger partial charge in [-0.05, 0) is 49.6 Å². The van der Waals surface area contributed by atoms with E-state index in [4.69, 9.17) is 13.9 Å². The lowest BCUT2D eigenvalue weighted by Crippen LogP contribution is -2.36. The molecule has 0 spiro atoms. The highest BCUT2D eigenvalue weighted by Gasteiger charge is 2.44. The third-order valence-electron chi connectivity index (χ3n) is 5.96. The van der Waals surface area contributed by atoms with Crippen molar-refractivity contribution >= 4 is 16.9 Å². The van der Waals surface area contributed by atoms with Crippen LogP contribution in [-0.2, 0) is 4.74 Å². The zero-order chi connectivity index (χ0) is 20.8. The van der Waals surface area contributed by atoms with E-state index in [9.17, 15) is 9.59 Å². The van der Waals surface area contributed by atoms with E-state index < -0.39 is 6.04 Å². The van der Waals surface area contributed by atoms with Crippen LogP contribution in [0.15, 0.2) is 51.7 Å². The Kier molecular flexibility index (Phi) is 4.59. The molecule has 2 aliphatic heterocycles. The number of hydrogen-bond donors (Lipinski definition) is 0. The molecule has 6 heteroatoms. The predicted octanol–water partition coefficient (Wildman–Crippen LogP) is 3.83. The summed E-state index contributed by atoms with van der Waals surface area (Å²) in [6.07, 6.45) is 1.83. The molecule has 0 bridgehead atoms. The molecule has 0 aliphatic carbocycles. The molecule has 30 heavy (non-hydrogen) atoms. The van der Waals surface area contributed by atoms with E-state index in [1.165, 1.54) is 0 Å². The third-order valence-corrected chi connectivity index (χ3v) is 5.96. The Morgan fingerprint density at radius 2 is 2.03 bits per heavy atom. The molecule has 1 fully saturated rings. The van der Waals surface area contributed by atoms with Crippen molar-refractivity contribution in [1.82, 2.24) is 4.90 Å². The Balaban J connectivity index is 1.71. The van der Waals surface area contributed by atoms with E-state index in [0.29, 0.717) is 35.4 Å². The standard InChI is InChI=1S/C24H23NO5/c1-14-8-9-19-18(11-14)22(26)20-21(15-5-3-6-16(12-15)28-2)25(24(27)23(20)30-19)13-17-7-4-10-29-17/h3,5-6,8-9,11-12,17,21H,4,7,10,13H2,1-2H3/t17-,21+/m0/s1. The Bertz CT molecular complexity index is 1190. The molecule has 3 aromatic rings. The molecule has 154 valence electrons. The first-order valence-corrected chi connectivity index (χ1v) is 10.2. The molecule has 0 radical (unpaired) electrons. The number of aryl methyl sites for hydroxylation is 1. The van der Waals surface area contributed by atoms with E-state index in [1.807, 2.05) is 43.3 Å². The van der Waals surface area contributed by atoms with Crippen LogP contribution in [0, 0.1) is 6.92 Å². The first-order valence-electron chi connectivity index (χ1n) is 10.2. The number of ether oxygens (including phenoxy) is 2. The number of rotatable bonds is 4. The molecule has 5 rings (SSSR count). The molecule has 1 amide bonds. The molecular weight excluding hydrogens is 382 g/mol. The first kappa shape index (κ1) is 18.9. The van der Waals surface area contributed by atoms with Crippen LogP contribution < -0.4 is 10.2 Å². The zero-order valence-corrected chi connectivity index (χ0v) is 17.0. The minimum absolute atomic E-state index is 0.0388. The fourth-order valence-electron chi connectivity index (χ4n) is 4.49. The number of amides is 1. The number of hydrogen-bond acceptors (Lipinski definition) is 5. The molecule has 1 saturated heterocycles. The molecule has 0 N–H and O–H groups in total. The lowest BCUT2D eigenvalue weighted by atomic mass is 9.97. The second-order valence-electron chi connectivity index (χ2n) is 7.95. The highest BCUT2D eigenvalue weighted by Crippen LogP contribution is 2.39. The van der Waals surface area contributed by atoms with Gasteiger partial charge in [-0.1, -0.05) is 23.8 Å². The highest BCUT2D eigenvalue weighted by atomic mass is 16.5. The number of carbonyl (C=O) groups is 1. The van der Waals surface area contributed by atoms with Crippen molar-refractivity contribution < 1.29 is 18.7 Å². The Morgan fingerprint density at radius 1 is 1.17 bits per heavy atom. The second kappa shape index (κ2) is 7.29. The van der Waals surface area contributed by atoms with Crippen LogP contribution in [0.3, 0.4) is 0 Å². The topological polar surface area (TPSA) is 69.0 Å². The Hall–Kier alpha value is -3.12. The number of carbonyl (C=O) groups excluding carboxylic acids is 1. The van der Waals surface area contributed by atoms with Crippen molar-refractivity contribution in [2.75, 3.05) is 20.3 Å². The van der Waals surface area contributed by atoms with Gasteiger partial charge in [-0.2, -0.15) is 0 Å². The maximum atomic E-state index is 13.5. The Morgan fingerprint density at radius 3 is 2.80 bits per heavy atom. The minimum Gasteiger partial charge on any atom is -0.497 e. The predicted molar refractivity (Wildman–Crippen MR) is 112 cm³/mol. The van der Waals surface area contributed by atoms with Gasteiger partial charge in [0.1, 0.15) is 11.3 Å². The van der Waals surface area contributed by atoms with Crippen LogP contribution in [0.4, 0.5) is 0 Å². The van der Waals surface area contributed by atoms with Crippen molar-refractivity contribution in [2.45, 2.75) is 31.9 Å². The normalized spacial score (nSPS) is 20.7. The fraction of sp³-hybridized carbons (Fsp3) is 0.333. The van der Waals surface area contributed by atoms with Gasteiger partial charge in [0.2, 0.25) is 5.76 Å². The van der Waals surface area contributed by atoms with Crippen molar-refractivity contribution in [2.24, 2.45) is 0 Å². The number of benzene rings is 2. The highest BCUT2D eigenvalue weighted by molar-refractivity contribution is 5.99. The summed E-state index contributed by atoms with van der Waals surface area (Å²) in [5, 5.41) is 0.494. The van der Waals surface area contributed by atoms with Crippen LogP contribution in [-0.4, -0.2) is 37.2 Å². The monoisotopic (exact) mass is 405 g/mol. The second-order valence-corrected chi connectivity index (χ2v) is 7.95. The summed E-state index contributed by atoms with van der Waals surface area (Å²) in [6, 6.07) is 12.4. The number of methoxy groups -OCH3 is 1. The van der Waals surface area contributed by atoms with Gasteiger partial charge in [0.05, 0.1) is 30.2 Å². The molecule has 2 aliphatic rings. The van der Waals surface area contributed by atoms with Crippen molar-refractivity contribution in [3.8, 4) is 5.75 Å². The van der Waals surface area contributed by atoms with Gasteiger partial charge in [0.25, 0.3) is 5.91 Å². The molecule has 0 saturated carbocycles. The summed E-state index contributed by atoms with van der Waals surface area (Å²) >= 11 is 0. The van der Waals surface area contributed by atoms with Crippen LogP contribution in [0.25, 0.3) is 11.0 Å². The molecule has 2 atom stereocenters. The van der Waals surface area contributed by atoms with Crippen LogP contribution >= 0.6 is 0 Å². The summed E-state index contributed by atoms with van der Waals surface area (Å²) in [4.78, 5) is 28.6. The van der Waals surface area contributed by atoms with Gasteiger partial charge in [-0.3, -0.25) is 9.59 Å². The SMILES string of the molecule is COc1cccc([C@@H]2c3c(oc4ccc(C)cc4c3=O)C(=O)N2C[C@@H]2CCCO2)c1. The number of nitrogens with zero attached hydrogens (tertiary/aromatic N) is 1. The van der Waals surface area contributed by atoms with E-state index in [2.05, 4.69) is 0 Å². The summed E-state index contributed by atoms with van der Waals surface area (Å²) in [5.41, 5.74) is 2.45. The lowest BCUT2D eigenvalue weighted by Gasteiger charge is -2.27. The summed E-state index contributed by atoms with van der Waals surface area (Å²) in [6.45, 7) is 3.05. The van der Waals surface area contributed by atoms with Crippen LogP contribution in [0.2, 0.25) is 0 Å². The van der Waals surface area contributed by atoms with E-state index in [0.717, 1.165) is 24.0 Å². The number of fused-ring (bicyclic) bond motifs is 2. The molecule has 6 nitrogen and oxygen atoms in total. The average Bonchev–Trinajstić information content (AvgIpc) is 3.36. The van der Waals surface area contributed by atoms with Gasteiger partial charge in [0, 0.05) is 13.2 Å². The van der Waals surface area contributed by atoms with Crippen molar-refractivity contribution in [3.63, 3.8) is 0 Å². The zero-order valence-electron chi connectivity index (χ0n) is 17.0. The quantitative estimate of drug-likeness (QED) is 0.660. The molecule has 0 unspecified atom stereocenters. The average molecular weight is 405 g/mol. The molecule has 3 heterocycles. The van der Waals surface area contributed by atoms with Gasteiger partial charge in [0.15, 0.2) is 5.43 Å². The molecule has 2 aromatic carbocycles. The summed E-state index contributed by atoms with van der Waals surface area (Å²) in [5.74, 6) is 0.529. The first-order chi connectivity index (χ1) is 14.6. The largest absolute Gasteiger partial charge is 0.497 e. The lowest BCUT2D eigenvalue weighted by molar-refractivity contribution is 0.0486. The van der Waals surface area contributed by atoms with Gasteiger partial charge >= 0.3 is 0 Å². The fourth-order valence-corrected chi connectivity index (χ4v) is 4.49. The maximum absolute atomic E-state index is 13.5. The maximum Gasteiger partial charge on any atom is 0.291 e. The van der Waals surface area contributed by atoms with Gasteiger partial charge in [-0.15, -0.1) is 0 Å². The summed E-state index contributed by atoms with van der Waals surface area (Å²) in [7, 11) is 1.60. The van der Waals surface area contributed by atoms with E-state index >= 15 is 0 Å². The minimum atomic E-state index is -0.534. The molecular formula is C24H23NO5. The van der Waals surface area contributed by atoms with Crippen molar-refractivity contribution in [1.29, 1.82) is 0 Å². The molecule has 1 aromatic heterocycles. The van der Waals surface area contributed by atoms with Crippen LogP contribution in [0.1, 0.15) is 46.1 Å². The Labute approximate surface area is 174 Å².